The minimum absolute atomic E-state index is 0.0912. The highest BCUT2D eigenvalue weighted by molar-refractivity contribution is 9.09. The molecule has 10 nitrogen and oxygen atoms in total. The number of rotatable bonds is 15. The molecule has 2 N–H and O–H groups in total. The number of ether oxygens (including phenoxy) is 2. The molecule has 1 spiro atoms. The molecule has 3 saturated heterocycles. The maximum absolute atomic E-state index is 14.4. The first kappa shape index (κ1) is 33.9. The molecule has 1 aromatic rings. The Bertz CT molecular complexity index is 1240. The third kappa shape index (κ3) is 6.23. The van der Waals surface area contributed by atoms with Gasteiger partial charge in [-0.15, -0.1) is 13.2 Å². The van der Waals surface area contributed by atoms with E-state index in [-0.39, 0.29) is 48.9 Å². The number of esters is 1. The number of likely N-dealkylation sites (tertiary alicyclic amines) is 1. The number of alkyl halides is 1. The second kappa shape index (κ2) is 14.4. The molecule has 240 valence electrons. The van der Waals surface area contributed by atoms with Crippen LogP contribution in [0.15, 0.2) is 55.6 Å². The summed E-state index contributed by atoms with van der Waals surface area (Å²) in [5.41, 5.74) is -0.520. The fourth-order valence-corrected chi connectivity index (χ4v) is 7.89. The minimum atomic E-state index is -1.26. The SMILES string of the molecule is C=CCCC(=O)OC[C@@H](NC(=O)[C@@H]1[C@H]2O[C@@]3(CC2Br)[C@H](C(=O)N(CC=C)C(C)C)N([C@@H](CC)CO)C(=O)[C@@H]13)c1ccccc1. The summed E-state index contributed by atoms with van der Waals surface area (Å²) in [6.07, 6.45) is 4.05. The summed E-state index contributed by atoms with van der Waals surface area (Å²) >= 11 is 3.70. The number of allylic oxidation sites excluding steroid dienone is 1. The van der Waals surface area contributed by atoms with Crippen LogP contribution in [-0.4, -0.2) is 93.0 Å². The Balaban J connectivity index is 1.69. The van der Waals surface area contributed by atoms with Gasteiger partial charge in [0.15, 0.2) is 0 Å². The van der Waals surface area contributed by atoms with Crippen LogP contribution in [0.5, 0.6) is 0 Å². The van der Waals surface area contributed by atoms with Gasteiger partial charge in [0.05, 0.1) is 36.6 Å². The van der Waals surface area contributed by atoms with Gasteiger partial charge >= 0.3 is 5.97 Å². The van der Waals surface area contributed by atoms with Crippen LogP contribution < -0.4 is 5.32 Å². The van der Waals surface area contributed by atoms with Crippen molar-refractivity contribution >= 4 is 39.6 Å². The first-order valence-corrected chi connectivity index (χ1v) is 16.3. The van der Waals surface area contributed by atoms with Gasteiger partial charge in [-0.1, -0.05) is 65.3 Å². The lowest BCUT2D eigenvalue weighted by Crippen LogP contribution is -2.60. The highest BCUT2D eigenvalue weighted by Crippen LogP contribution is 2.60. The molecule has 44 heavy (non-hydrogen) atoms. The summed E-state index contributed by atoms with van der Waals surface area (Å²) in [7, 11) is 0. The molecule has 0 aliphatic carbocycles. The molecule has 3 aliphatic heterocycles. The summed E-state index contributed by atoms with van der Waals surface area (Å²) < 4.78 is 12.1. The molecule has 1 aromatic carbocycles. The molecule has 0 saturated carbocycles. The summed E-state index contributed by atoms with van der Waals surface area (Å²) in [5.74, 6) is -3.34. The Hall–Kier alpha value is -3.02. The number of nitrogens with zero attached hydrogens (tertiary/aromatic N) is 2. The summed E-state index contributed by atoms with van der Waals surface area (Å²) in [6.45, 7) is 12.9. The number of carbonyl (C=O) groups is 4. The van der Waals surface area contributed by atoms with Crippen molar-refractivity contribution in [3.8, 4) is 0 Å². The lowest BCUT2D eigenvalue weighted by atomic mass is 9.70. The maximum atomic E-state index is 14.4. The average Bonchev–Trinajstić information content (AvgIpc) is 3.61. The molecule has 3 amide bonds. The number of halogens is 1. The van der Waals surface area contributed by atoms with Gasteiger partial charge in [0.1, 0.15) is 18.2 Å². The largest absolute Gasteiger partial charge is 0.463 e. The first-order valence-electron chi connectivity index (χ1n) is 15.3. The monoisotopic (exact) mass is 673 g/mol. The van der Waals surface area contributed by atoms with Gasteiger partial charge in [-0.3, -0.25) is 19.2 Å². The van der Waals surface area contributed by atoms with E-state index in [1.807, 2.05) is 51.1 Å². The van der Waals surface area contributed by atoms with E-state index >= 15 is 0 Å². The molecule has 8 atom stereocenters. The average molecular weight is 675 g/mol. The predicted molar refractivity (Wildman–Crippen MR) is 168 cm³/mol. The molecule has 0 aromatic heterocycles. The van der Waals surface area contributed by atoms with E-state index in [2.05, 4.69) is 34.4 Å². The zero-order chi connectivity index (χ0) is 32.2. The van der Waals surface area contributed by atoms with Gasteiger partial charge in [-0.2, -0.15) is 0 Å². The van der Waals surface area contributed by atoms with Gasteiger partial charge < -0.3 is 29.7 Å². The molecule has 1 unspecified atom stereocenters. The second-order valence-corrected chi connectivity index (χ2v) is 13.2. The zero-order valence-corrected chi connectivity index (χ0v) is 27.3. The number of aliphatic hydroxyl groups is 1. The fourth-order valence-electron chi connectivity index (χ4n) is 6.95. The van der Waals surface area contributed by atoms with Crippen molar-refractivity contribution in [2.75, 3.05) is 19.8 Å². The van der Waals surface area contributed by atoms with Gasteiger partial charge in [0.2, 0.25) is 17.7 Å². The fraction of sp³-hybridized carbons (Fsp3) is 0.576. The highest BCUT2D eigenvalue weighted by Gasteiger charge is 2.77. The number of nitrogens with one attached hydrogen (secondary N) is 1. The molecule has 2 bridgehead atoms. The van der Waals surface area contributed by atoms with Crippen molar-refractivity contribution in [3.05, 3.63) is 61.2 Å². The number of hydrogen-bond donors (Lipinski definition) is 2. The first-order chi connectivity index (χ1) is 21.1. The van der Waals surface area contributed by atoms with Gasteiger partial charge in [0.25, 0.3) is 0 Å². The quantitative estimate of drug-likeness (QED) is 0.166. The Morgan fingerprint density at radius 1 is 1.25 bits per heavy atom. The molecular formula is C33H44BrN3O7. The van der Waals surface area contributed by atoms with Crippen molar-refractivity contribution in [3.63, 3.8) is 0 Å². The molecule has 0 radical (unpaired) electrons. The summed E-state index contributed by atoms with van der Waals surface area (Å²) in [5, 5.41) is 13.3. The summed E-state index contributed by atoms with van der Waals surface area (Å²) in [6, 6.07) is 6.68. The molecule has 4 rings (SSSR count). The van der Waals surface area contributed by atoms with E-state index in [1.165, 1.54) is 4.90 Å². The third-order valence-electron chi connectivity index (χ3n) is 9.05. The third-order valence-corrected chi connectivity index (χ3v) is 9.90. The smallest absolute Gasteiger partial charge is 0.306 e. The molecule has 3 heterocycles. The number of amides is 3. The van der Waals surface area contributed by atoms with Crippen LogP contribution >= 0.6 is 15.9 Å². The lowest BCUT2D eigenvalue weighted by molar-refractivity contribution is -0.152. The van der Waals surface area contributed by atoms with Crippen LogP contribution in [0.4, 0.5) is 0 Å². The Morgan fingerprint density at radius 2 is 1.95 bits per heavy atom. The topological polar surface area (TPSA) is 125 Å². The van der Waals surface area contributed by atoms with Crippen LogP contribution in [0.1, 0.15) is 58.1 Å². The lowest BCUT2D eigenvalue weighted by Gasteiger charge is -2.40. The summed E-state index contributed by atoms with van der Waals surface area (Å²) in [4.78, 5) is 58.0. The van der Waals surface area contributed by atoms with E-state index in [1.54, 1.807) is 17.1 Å². The van der Waals surface area contributed by atoms with Crippen molar-refractivity contribution in [1.29, 1.82) is 0 Å². The van der Waals surface area contributed by atoms with Crippen molar-refractivity contribution < 1.29 is 33.8 Å². The van der Waals surface area contributed by atoms with Gasteiger partial charge in [-0.05, 0) is 38.7 Å². The van der Waals surface area contributed by atoms with E-state index in [9.17, 15) is 24.3 Å². The van der Waals surface area contributed by atoms with Gasteiger partial charge in [0, 0.05) is 23.8 Å². The number of carbonyl (C=O) groups excluding carboxylic acids is 4. The standard InChI is InChI=1S/C33H44BrN3O7/c1-6-9-15-25(39)43-19-24(21-13-11-10-12-14-21)35-30(40)26-27-31(41)37(22(8-3)18-38)29(32(42)36(16-7-2)20(4)5)33(27)17-23(34)28(26)44-33/h6-7,10-14,20,22-24,26-29,38H,1-2,8-9,15-19H2,3-5H3,(H,35,40)/t22-,23?,24+,26-,27+,28-,29-,33+/m0/s1. The van der Waals surface area contributed by atoms with Crippen LogP contribution in [-0.2, 0) is 28.7 Å². The van der Waals surface area contributed by atoms with Crippen LogP contribution in [0.3, 0.4) is 0 Å². The van der Waals surface area contributed by atoms with E-state index in [0.29, 0.717) is 19.3 Å². The number of hydrogen-bond acceptors (Lipinski definition) is 7. The predicted octanol–water partition coefficient (Wildman–Crippen LogP) is 3.30. The Kier molecular flexibility index (Phi) is 11.1. The van der Waals surface area contributed by atoms with E-state index < -0.39 is 53.5 Å². The van der Waals surface area contributed by atoms with E-state index in [4.69, 9.17) is 9.47 Å². The normalized spacial score (nSPS) is 28.4. The number of benzene rings is 1. The molecule has 11 heteroatoms. The number of fused-ring (bicyclic) bond motifs is 1. The van der Waals surface area contributed by atoms with Crippen LogP contribution in [0.25, 0.3) is 0 Å². The Labute approximate surface area is 267 Å². The van der Waals surface area contributed by atoms with Crippen molar-refractivity contribution in [2.45, 2.75) is 87.2 Å². The second-order valence-electron chi connectivity index (χ2n) is 12.0. The molecular weight excluding hydrogens is 630 g/mol. The maximum Gasteiger partial charge on any atom is 0.306 e. The molecule has 3 aliphatic rings. The van der Waals surface area contributed by atoms with Crippen molar-refractivity contribution in [1.82, 2.24) is 15.1 Å². The highest BCUT2D eigenvalue weighted by atomic mass is 79.9. The minimum Gasteiger partial charge on any atom is -0.463 e. The zero-order valence-electron chi connectivity index (χ0n) is 25.7. The van der Waals surface area contributed by atoms with Gasteiger partial charge in [-0.25, -0.2) is 0 Å². The van der Waals surface area contributed by atoms with Crippen LogP contribution in [0, 0.1) is 11.8 Å². The van der Waals surface area contributed by atoms with Crippen LogP contribution in [0.2, 0.25) is 0 Å². The van der Waals surface area contributed by atoms with Crippen molar-refractivity contribution in [2.24, 2.45) is 11.8 Å². The van der Waals surface area contributed by atoms with E-state index in [0.717, 1.165) is 5.56 Å². The Morgan fingerprint density at radius 3 is 2.55 bits per heavy atom. The molecule has 3 fully saturated rings. The number of aliphatic hydroxyl groups excluding tert-OH is 1.